The molecule has 186 valence electrons. The van der Waals surface area contributed by atoms with Crippen LogP contribution in [0.3, 0.4) is 0 Å². The lowest BCUT2D eigenvalue weighted by Gasteiger charge is -2.41. The summed E-state index contributed by atoms with van der Waals surface area (Å²) in [6.45, 7) is 5.82. The number of rotatable bonds is 6. The minimum atomic E-state index is 0.445. The summed E-state index contributed by atoms with van der Waals surface area (Å²) in [7, 11) is 0. The van der Waals surface area contributed by atoms with Crippen LogP contribution in [0.5, 0.6) is 11.6 Å². The summed E-state index contributed by atoms with van der Waals surface area (Å²) in [5, 5.41) is 1.09. The molecule has 0 atom stereocenters. The molecule has 1 saturated carbocycles. The summed E-state index contributed by atoms with van der Waals surface area (Å²) >= 11 is 0. The van der Waals surface area contributed by atoms with Crippen LogP contribution in [0, 0.1) is 12.8 Å². The molecule has 0 radical (unpaired) electrons. The summed E-state index contributed by atoms with van der Waals surface area (Å²) in [5.41, 5.74) is 11.1. The number of aryl methyl sites for hydroxylation is 1. The largest absolute Gasteiger partial charge is 0.439 e. The van der Waals surface area contributed by atoms with Crippen LogP contribution in [0.25, 0.3) is 27.7 Å². The molecule has 0 bridgehead atoms. The van der Waals surface area contributed by atoms with E-state index in [9.17, 15) is 0 Å². The van der Waals surface area contributed by atoms with Crippen LogP contribution in [0.1, 0.15) is 36.6 Å². The molecule has 0 amide bonds. The van der Waals surface area contributed by atoms with E-state index in [4.69, 9.17) is 20.4 Å². The van der Waals surface area contributed by atoms with Crippen LogP contribution in [-0.4, -0.2) is 43.9 Å². The highest BCUT2D eigenvalue weighted by molar-refractivity contribution is 5.92. The molecule has 37 heavy (non-hydrogen) atoms. The molecule has 2 aromatic carbocycles. The number of likely N-dealkylation sites (tertiary alicyclic amines) is 1. The molecular weight excluding hydrogens is 460 g/mol. The monoisotopic (exact) mass is 490 g/mol. The lowest BCUT2D eigenvalue weighted by Crippen LogP contribution is -2.43. The first kappa shape index (κ1) is 22.2. The molecule has 2 N–H and O–H groups in total. The smallest absolute Gasteiger partial charge is 0.220 e. The van der Waals surface area contributed by atoms with E-state index in [1.165, 1.54) is 38.9 Å². The fraction of sp³-hybridized carbons (Fsp3) is 0.300. The van der Waals surface area contributed by atoms with Gasteiger partial charge in [0.1, 0.15) is 28.6 Å². The van der Waals surface area contributed by atoms with Crippen LogP contribution >= 0.6 is 0 Å². The molecule has 7 heteroatoms. The zero-order valence-corrected chi connectivity index (χ0v) is 21.0. The van der Waals surface area contributed by atoms with E-state index in [1.807, 2.05) is 42.6 Å². The van der Waals surface area contributed by atoms with Gasteiger partial charge in [-0.2, -0.15) is 0 Å². The third kappa shape index (κ3) is 4.00. The molecule has 3 aromatic heterocycles. The maximum atomic E-state index is 6.42. The SMILES string of the molecule is Cc1cc(Oc2ccccc2)nc2cc(-c3nc(C4CC(CN5CCC5)C4)n4ccnc(N)c34)ccc12. The number of anilines is 1. The van der Waals surface area contributed by atoms with E-state index in [0.717, 1.165) is 50.7 Å². The molecule has 1 saturated heterocycles. The van der Waals surface area contributed by atoms with Crippen molar-refractivity contribution >= 4 is 22.2 Å². The topological polar surface area (TPSA) is 81.6 Å². The number of nitrogen functional groups attached to an aromatic ring is 1. The highest BCUT2D eigenvalue weighted by atomic mass is 16.5. The Labute approximate surface area is 215 Å². The summed E-state index contributed by atoms with van der Waals surface area (Å²) in [4.78, 5) is 17.0. The Morgan fingerprint density at radius 2 is 1.86 bits per heavy atom. The molecule has 4 heterocycles. The molecule has 7 nitrogen and oxygen atoms in total. The molecule has 1 aliphatic carbocycles. The molecular formula is C30H30N6O. The number of pyridine rings is 1. The van der Waals surface area contributed by atoms with Crippen LogP contribution in [0.15, 0.2) is 67.0 Å². The standard InChI is InChI=1S/C30H30N6O/c1-19-14-26(37-23-6-3-2-4-7-23)33-25-17-21(8-9-24(19)25)27-28-29(31)32-10-13-36(28)30(34-27)22-15-20(16-22)18-35-11-5-12-35/h2-4,6-10,13-14,17,20,22H,5,11-12,15-16,18H2,1H3,(H2,31,32). The van der Waals surface area contributed by atoms with Crippen molar-refractivity contribution in [3.05, 3.63) is 78.4 Å². The Kier molecular flexibility index (Phi) is 5.32. The Bertz CT molecular complexity index is 1600. The Hall–Kier alpha value is -3.97. The quantitative estimate of drug-likeness (QED) is 0.323. The fourth-order valence-corrected chi connectivity index (χ4v) is 5.78. The zero-order chi connectivity index (χ0) is 24.9. The van der Waals surface area contributed by atoms with E-state index < -0.39 is 0 Å². The van der Waals surface area contributed by atoms with Gasteiger partial charge in [-0.25, -0.2) is 15.0 Å². The highest BCUT2D eigenvalue weighted by Crippen LogP contribution is 2.44. The third-order valence-corrected chi connectivity index (χ3v) is 7.91. The minimum Gasteiger partial charge on any atom is -0.439 e. The lowest BCUT2D eigenvalue weighted by molar-refractivity contribution is 0.107. The molecule has 0 unspecified atom stereocenters. The second-order valence-corrected chi connectivity index (χ2v) is 10.5. The van der Waals surface area contributed by atoms with Crippen molar-refractivity contribution in [2.75, 3.05) is 25.4 Å². The summed E-state index contributed by atoms with van der Waals surface area (Å²) < 4.78 is 8.20. The molecule has 2 aliphatic rings. The van der Waals surface area contributed by atoms with Gasteiger partial charge in [0, 0.05) is 41.9 Å². The van der Waals surface area contributed by atoms with E-state index in [-0.39, 0.29) is 0 Å². The van der Waals surface area contributed by atoms with Gasteiger partial charge in [0.25, 0.3) is 0 Å². The molecule has 7 rings (SSSR count). The van der Waals surface area contributed by atoms with Crippen LogP contribution in [-0.2, 0) is 0 Å². The van der Waals surface area contributed by atoms with Gasteiger partial charge >= 0.3 is 0 Å². The number of hydrogen-bond donors (Lipinski definition) is 1. The van der Waals surface area contributed by atoms with Gasteiger partial charge in [-0.15, -0.1) is 0 Å². The predicted molar refractivity (Wildman–Crippen MR) is 146 cm³/mol. The average Bonchev–Trinajstić information content (AvgIpc) is 3.23. The van der Waals surface area contributed by atoms with Gasteiger partial charge < -0.3 is 15.4 Å². The number of fused-ring (bicyclic) bond motifs is 2. The van der Waals surface area contributed by atoms with Gasteiger partial charge in [-0.05, 0) is 69.0 Å². The number of nitrogens with two attached hydrogens (primary N) is 1. The van der Waals surface area contributed by atoms with Crippen LogP contribution < -0.4 is 10.5 Å². The van der Waals surface area contributed by atoms with E-state index >= 15 is 0 Å². The zero-order valence-electron chi connectivity index (χ0n) is 21.0. The van der Waals surface area contributed by atoms with Crippen molar-refractivity contribution in [3.63, 3.8) is 0 Å². The van der Waals surface area contributed by atoms with Crippen molar-refractivity contribution in [3.8, 4) is 22.9 Å². The molecule has 5 aromatic rings. The van der Waals surface area contributed by atoms with Gasteiger partial charge in [-0.1, -0.05) is 30.3 Å². The normalized spacial score (nSPS) is 19.6. The highest BCUT2D eigenvalue weighted by Gasteiger charge is 2.36. The number of aromatic nitrogens is 4. The number of nitrogens with zero attached hydrogens (tertiary/aromatic N) is 5. The second kappa shape index (κ2) is 8.85. The van der Waals surface area contributed by atoms with Crippen molar-refractivity contribution < 1.29 is 4.74 Å². The van der Waals surface area contributed by atoms with Gasteiger partial charge in [0.05, 0.1) is 5.52 Å². The Morgan fingerprint density at radius 3 is 2.65 bits per heavy atom. The maximum absolute atomic E-state index is 6.42. The first-order valence-electron chi connectivity index (χ1n) is 13.1. The molecule has 1 aliphatic heterocycles. The first-order chi connectivity index (χ1) is 18.1. The fourth-order valence-electron chi connectivity index (χ4n) is 5.78. The van der Waals surface area contributed by atoms with Gasteiger partial charge in [-0.3, -0.25) is 4.40 Å². The second-order valence-electron chi connectivity index (χ2n) is 10.5. The van der Waals surface area contributed by atoms with Crippen molar-refractivity contribution in [1.29, 1.82) is 0 Å². The van der Waals surface area contributed by atoms with Gasteiger partial charge in [0.2, 0.25) is 5.88 Å². The lowest BCUT2D eigenvalue weighted by atomic mass is 9.74. The van der Waals surface area contributed by atoms with Crippen molar-refractivity contribution in [1.82, 2.24) is 24.3 Å². The Morgan fingerprint density at radius 1 is 1.03 bits per heavy atom. The number of hydrogen-bond acceptors (Lipinski definition) is 6. The van der Waals surface area contributed by atoms with E-state index in [2.05, 4.69) is 39.4 Å². The van der Waals surface area contributed by atoms with Crippen LogP contribution in [0.2, 0.25) is 0 Å². The third-order valence-electron chi connectivity index (χ3n) is 7.91. The number of imidazole rings is 1. The first-order valence-corrected chi connectivity index (χ1v) is 13.1. The van der Waals surface area contributed by atoms with Crippen molar-refractivity contribution in [2.45, 2.75) is 32.1 Å². The summed E-state index contributed by atoms with van der Waals surface area (Å²) in [6, 6.07) is 18.0. The van der Waals surface area contributed by atoms with E-state index in [0.29, 0.717) is 17.6 Å². The molecule has 2 fully saturated rings. The van der Waals surface area contributed by atoms with E-state index in [1.54, 1.807) is 6.20 Å². The number of benzene rings is 2. The van der Waals surface area contributed by atoms with Gasteiger partial charge in [0.15, 0.2) is 0 Å². The minimum absolute atomic E-state index is 0.445. The summed E-state index contributed by atoms with van der Waals surface area (Å²) in [5.74, 6) is 4.13. The average molecular weight is 491 g/mol. The predicted octanol–water partition coefficient (Wildman–Crippen LogP) is 5.83. The number of ether oxygens (including phenoxy) is 1. The maximum Gasteiger partial charge on any atom is 0.220 e. The van der Waals surface area contributed by atoms with Crippen molar-refractivity contribution in [2.24, 2.45) is 5.92 Å². The molecule has 0 spiro atoms. The van der Waals surface area contributed by atoms with Crippen LogP contribution in [0.4, 0.5) is 5.82 Å². The summed E-state index contributed by atoms with van der Waals surface area (Å²) in [6.07, 6.45) is 7.46. The number of para-hydroxylation sites is 1. The Balaban J connectivity index is 1.25.